The van der Waals surface area contributed by atoms with Gasteiger partial charge in [0.25, 0.3) is 0 Å². The average molecular weight is 341 g/mol. The number of piperidine rings is 1. The molecule has 0 unspecified atom stereocenters. The molecule has 1 saturated carbocycles. The Morgan fingerprint density at radius 2 is 1.86 bits per heavy atom. The molecule has 1 N–H and O–H groups in total. The van der Waals surface area contributed by atoms with Crippen molar-refractivity contribution >= 4 is 34.1 Å². The Labute approximate surface area is 140 Å². The second kappa shape index (κ2) is 8.15. The number of carbonyl (C=O) groups is 1. The highest BCUT2D eigenvalue weighted by atomic mass is 32.2. The standard InChI is InChI=1S/C15H24N4OS2/c20-13(19-9-5-2-6-10-19)11-21-15-18-17-14(22-15)16-12-7-3-1-4-8-12/h12H,1-11H2,(H,16,17). The first-order valence-corrected chi connectivity index (χ1v) is 10.1. The molecule has 2 heterocycles. The van der Waals surface area contributed by atoms with Gasteiger partial charge in [-0.1, -0.05) is 42.4 Å². The van der Waals surface area contributed by atoms with Crippen molar-refractivity contribution < 1.29 is 4.79 Å². The Kier molecular flexibility index (Phi) is 5.95. The Hall–Kier alpha value is -0.820. The fourth-order valence-corrected chi connectivity index (χ4v) is 4.84. The van der Waals surface area contributed by atoms with Gasteiger partial charge in [-0.3, -0.25) is 4.79 Å². The van der Waals surface area contributed by atoms with Gasteiger partial charge in [0.15, 0.2) is 4.34 Å². The maximum atomic E-state index is 12.1. The van der Waals surface area contributed by atoms with Crippen LogP contribution in [0.1, 0.15) is 51.4 Å². The van der Waals surface area contributed by atoms with Crippen LogP contribution in [-0.4, -0.2) is 45.9 Å². The molecule has 0 bridgehead atoms. The lowest BCUT2D eigenvalue weighted by atomic mass is 9.96. The van der Waals surface area contributed by atoms with Crippen LogP contribution in [0.4, 0.5) is 5.13 Å². The van der Waals surface area contributed by atoms with Gasteiger partial charge >= 0.3 is 0 Å². The Morgan fingerprint density at radius 1 is 1.14 bits per heavy atom. The van der Waals surface area contributed by atoms with E-state index in [9.17, 15) is 4.79 Å². The Bertz CT molecular complexity index is 482. The first kappa shape index (κ1) is 16.1. The monoisotopic (exact) mass is 340 g/mol. The van der Waals surface area contributed by atoms with E-state index in [0.29, 0.717) is 11.8 Å². The third-order valence-electron chi connectivity index (χ3n) is 4.37. The van der Waals surface area contributed by atoms with Gasteiger partial charge in [-0.15, -0.1) is 10.2 Å². The van der Waals surface area contributed by atoms with Gasteiger partial charge < -0.3 is 10.2 Å². The zero-order valence-corrected chi connectivity index (χ0v) is 14.6. The zero-order valence-electron chi connectivity index (χ0n) is 12.9. The van der Waals surface area contributed by atoms with Crippen molar-refractivity contribution in [2.45, 2.75) is 61.7 Å². The van der Waals surface area contributed by atoms with Crippen molar-refractivity contribution in [3.63, 3.8) is 0 Å². The summed E-state index contributed by atoms with van der Waals surface area (Å²) in [7, 11) is 0. The van der Waals surface area contributed by atoms with Crippen molar-refractivity contribution in [2.75, 3.05) is 24.2 Å². The Morgan fingerprint density at radius 3 is 2.64 bits per heavy atom. The average Bonchev–Trinajstić information content (AvgIpc) is 3.02. The summed E-state index contributed by atoms with van der Waals surface area (Å²) in [6.45, 7) is 1.84. The number of amides is 1. The van der Waals surface area contributed by atoms with Crippen molar-refractivity contribution in [2.24, 2.45) is 0 Å². The van der Waals surface area contributed by atoms with E-state index in [2.05, 4.69) is 15.5 Å². The smallest absolute Gasteiger partial charge is 0.233 e. The molecular weight excluding hydrogens is 316 g/mol. The number of nitrogens with zero attached hydrogens (tertiary/aromatic N) is 3. The lowest BCUT2D eigenvalue weighted by Crippen LogP contribution is -2.36. The van der Waals surface area contributed by atoms with E-state index < -0.39 is 0 Å². The molecule has 22 heavy (non-hydrogen) atoms. The van der Waals surface area contributed by atoms with E-state index in [1.165, 1.54) is 50.3 Å². The number of aromatic nitrogens is 2. The van der Waals surface area contributed by atoms with Crippen LogP contribution in [0.15, 0.2) is 4.34 Å². The van der Waals surface area contributed by atoms with Gasteiger partial charge in [0.05, 0.1) is 5.75 Å². The summed E-state index contributed by atoms with van der Waals surface area (Å²) in [5.74, 6) is 0.722. The largest absolute Gasteiger partial charge is 0.357 e. The van der Waals surface area contributed by atoms with Crippen molar-refractivity contribution in [3.05, 3.63) is 0 Å². The fourth-order valence-electron chi connectivity index (χ4n) is 3.11. The van der Waals surface area contributed by atoms with E-state index in [1.54, 1.807) is 11.3 Å². The molecule has 7 heteroatoms. The number of nitrogens with one attached hydrogen (secondary N) is 1. The summed E-state index contributed by atoms with van der Waals surface area (Å²) < 4.78 is 0.892. The Balaban J connectivity index is 1.43. The van der Waals surface area contributed by atoms with Gasteiger partial charge in [-0.05, 0) is 32.1 Å². The molecule has 2 fully saturated rings. The first-order chi connectivity index (χ1) is 10.8. The lowest BCUT2D eigenvalue weighted by molar-refractivity contribution is -0.129. The minimum absolute atomic E-state index is 0.238. The second-order valence-corrected chi connectivity index (χ2v) is 8.28. The van der Waals surface area contributed by atoms with Gasteiger partial charge in [0, 0.05) is 19.1 Å². The predicted octanol–water partition coefficient (Wildman–Crippen LogP) is 3.39. The van der Waals surface area contributed by atoms with Crippen LogP contribution in [0.5, 0.6) is 0 Å². The zero-order chi connectivity index (χ0) is 15.2. The van der Waals surface area contributed by atoms with Crippen LogP contribution in [-0.2, 0) is 4.79 Å². The highest BCUT2D eigenvalue weighted by Gasteiger charge is 2.18. The third kappa shape index (κ3) is 4.59. The molecule has 0 aromatic carbocycles. The molecule has 3 rings (SSSR count). The fraction of sp³-hybridized carbons (Fsp3) is 0.800. The van der Waals surface area contributed by atoms with Crippen LogP contribution >= 0.6 is 23.1 Å². The molecule has 2 aliphatic rings. The summed E-state index contributed by atoms with van der Waals surface area (Å²) in [5, 5.41) is 12.8. The summed E-state index contributed by atoms with van der Waals surface area (Å²) in [5.41, 5.74) is 0. The molecule has 1 amide bonds. The highest BCUT2D eigenvalue weighted by Crippen LogP contribution is 2.28. The van der Waals surface area contributed by atoms with Crippen molar-refractivity contribution in [1.82, 2.24) is 15.1 Å². The number of thioether (sulfide) groups is 1. The van der Waals surface area contributed by atoms with Crippen LogP contribution < -0.4 is 5.32 Å². The molecule has 0 radical (unpaired) electrons. The first-order valence-electron chi connectivity index (χ1n) is 8.32. The van der Waals surface area contributed by atoms with Gasteiger partial charge in [-0.2, -0.15) is 0 Å². The van der Waals surface area contributed by atoms with Crippen LogP contribution in [0.3, 0.4) is 0 Å². The number of likely N-dealkylation sites (tertiary alicyclic amines) is 1. The number of anilines is 1. The van der Waals surface area contributed by atoms with Crippen molar-refractivity contribution in [1.29, 1.82) is 0 Å². The molecule has 0 spiro atoms. The second-order valence-electron chi connectivity index (χ2n) is 6.08. The van der Waals surface area contributed by atoms with E-state index in [1.807, 2.05) is 4.90 Å². The molecule has 1 aromatic heterocycles. The maximum Gasteiger partial charge on any atom is 0.233 e. The van der Waals surface area contributed by atoms with Crippen LogP contribution in [0.25, 0.3) is 0 Å². The highest BCUT2D eigenvalue weighted by molar-refractivity contribution is 8.01. The molecular formula is C15H24N4OS2. The molecule has 1 aromatic rings. The molecule has 1 saturated heterocycles. The van der Waals surface area contributed by atoms with Crippen LogP contribution in [0, 0.1) is 0 Å². The number of rotatable bonds is 5. The van der Waals surface area contributed by atoms with Gasteiger partial charge in [0.1, 0.15) is 0 Å². The quantitative estimate of drug-likeness (QED) is 0.833. The van der Waals surface area contributed by atoms with E-state index in [0.717, 1.165) is 35.4 Å². The minimum Gasteiger partial charge on any atom is -0.357 e. The summed E-state index contributed by atoms with van der Waals surface area (Å²) in [6.07, 6.45) is 9.97. The maximum absolute atomic E-state index is 12.1. The number of hydrogen-bond donors (Lipinski definition) is 1. The van der Waals surface area contributed by atoms with Crippen LogP contribution in [0.2, 0.25) is 0 Å². The lowest BCUT2D eigenvalue weighted by Gasteiger charge is -2.26. The molecule has 0 atom stereocenters. The summed E-state index contributed by atoms with van der Waals surface area (Å²) in [6, 6.07) is 0.550. The van der Waals surface area contributed by atoms with Gasteiger partial charge in [-0.25, -0.2) is 0 Å². The molecule has 1 aliphatic carbocycles. The summed E-state index contributed by atoms with van der Waals surface area (Å²) in [4.78, 5) is 14.1. The number of hydrogen-bond acceptors (Lipinski definition) is 6. The number of carbonyl (C=O) groups excluding carboxylic acids is 1. The topological polar surface area (TPSA) is 58.1 Å². The van der Waals surface area contributed by atoms with E-state index in [-0.39, 0.29) is 5.91 Å². The molecule has 1 aliphatic heterocycles. The van der Waals surface area contributed by atoms with Crippen molar-refractivity contribution in [3.8, 4) is 0 Å². The molecule has 122 valence electrons. The van der Waals surface area contributed by atoms with Gasteiger partial charge in [0.2, 0.25) is 11.0 Å². The normalized spacial score (nSPS) is 20.1. The third-order valence-corrected chi connectivity index (χ3v) is 6.34. The van der Waals surface area contributed by atoms with E-state index >= 15 is 0 Å². The SMILES string of the molecule is O=C(CSc1nnc(NC2CCCCC2)s1)N1CCCCC1. The predicted molar refractivity (Wildman–Crippen MR) is 91.6 cm³/mol. The minimum atomic E-state index is 0.238. The van der Waals surface area contributed by atoms with E-state index in [4.69, 9.17) is 0 Å². The molecule has 5 nitrogen and oxygen atoms in total. The summed E-state index contributed by atoms with van der Waals surface area (Å²) >= 11 is 3.09.